The molecule has 3 rings (SSSR count). The largest absolute Gasteiger partial charge is 0.339 e. The van der Waals surface area contributed by atoms with Crippen LogP contribution in [0, 0.1) is 0 Å². The normalized spacial score (nSPS) is 20.3. The number of rotatable bonds is 5. The van der Waals surface area contributed by atoms with E-state index in [1.807, 2.05) is 21.9 Å². The Kier molecular flexibility index (Phi) is 8.00. The molecule has 0 aromatic heterocycles. The molecule has 2 saturated heterocycles. The van der Waals surface area contributed by atoms with Crippen LogP contribution >= 0.6 is 11.6 Å². The van der Waals surface area contributed by atoms with E-state index in [0.29, 0.717) is 30.7 Å². The number of piperidine rings is 1. The highest BCUT2D eigenvalue weighted by atomic mass is 35.5. The fourth-order valence-corrected chi connectivity index (χ4v) is 4.80. The summed E-state index contributed by atoms with van der Waals surface area (Å²) in [6.45, 7) is 10.3. The first-order valence-corrected chi connectivity index (χ1v) is 11.7. The minimum Gasteiger partial charge on any atom is -0.339 e. The Morgan fingerprint density at radius 2 is 1.80 bits per heavy atom. The molecule has 1 aromatic carbocycles. The number of nitrogens with one attached hydrogen (secondary N) is 1. The summed E-state index contributed by atoms with van der Waals surface area (Å²) in [7, 11) is 0. The number of benzene rings is 1. The second kappa shape index (κ2) is 10.5. The number of nitrogens with zero attached hydrogens (tertiary/aromatic N) is 3. The summed E-state index contributed by atoms with van der Waals surface area (Å²) in [5.41, 5.74) is 2.95. The van der Waals surface area contributed by atoms with Crippen LogP contribution in [0.25, 0.3) is 0 Å². The van der Waals surface area contributed by atoms with Crippen LogP contribution in [0.15, 0.2) is 12.1 Å². The summed E-state index contributed by atoms with van der Waals surface area (Å²) >= 11 is 6.36. The molecule has 0 bridgehead atoms. The Bertz CT molecular complexity index is 762. The van der Waals surface area contributed by atoms with E-state index < -0.39 is 0 Å². The SMILES string of the molecule is CCc1ccc(Cl)c(CC)c1NC(=O)N1CCN(CC(=O)N2CCCCC2C)CC1. The van der Waals surface area contributed by atoms with Crippen LogP contribution in [0.1, 0.15) is 51.2 Å². The summed E-state index contributed by atoms with van der Waals surface area (Å²) in [6.07, 6.45) is 5.03. The van der Waals surface area contributed by atoms with E-state index in [2.05, 4.69) is 31.0 Å². The lowest BCUT2D eigenvalue weighted by atomic mass is 10.0. The van der Waals surface area contributed by atoms with Crippen molar-refractivity contribution >= 4 is 29.2 Å². The number of carbonyl (C=O) groups is 2. The van der Waals surface area contributed by atoms with E-state index in [1.54, 1.807) is 0 Å². The summed E-state index contributed by atoms with van der Waals surface area (Å²) in [5, 5.41) is 3.81. The average Bonchev–Trinajstić information content (AvgIpc) is 2.75. The number of amides is 3. The molecule has 7 heteroatoms. The van der Waals surface area contributed by atoms with Crippen molar-refractivity contribution in [2.24, 2.45) is 0 Å². The monoisotopic (exact) mass is 434 g/mol. The number of likely N-dealkylation sites (tertiary alicyclic amines) is 1. The van der Waals surface area contributed by atoms with Gasteiger partial charge in [0.25, 0.3) is 0 Å². The number of piperazine rings is 1. The molecular formula is C23H35ClN4O2. The van der Waals surface area contributed by atoms with E-state index >= 15 is 0 Å². The molecule has 6 nitrogen and oxygen atoms in total. The number of anilines is 1. The third kappa shape index (κ3) is 5.27. The maximum Gasteiger partial charge on any atom is 0.321 e. The van der Waals surface area contributed by atoms with Gasteiger partial charge in [0.2, 0.25) is 5.91 Å². The number of urea groups is 1. The molecule has 2 heterocycles. The van der Waals surface area contributed by atoms with Gasteiger partial charge in [0.15, 0.2) is 0 Å². The first kappa shape index (κ1) is 22.9. The van der Waals surface area contributed by atoms with Gasteiger partial charge < -0.3 is 15.1 Å². The number of carbonyl (C=O) groups excluding carboxylic acids is 2. The van der Waals surface area contributed by atoms with Gasteiger partial charge in [-0.1, -0.05) is 31.5 Å². The summed E-state index contributed by atoms with van der Waals surface area (Å²) < 4.78 is 0. The second-order valence-corrected chi connectivity index (χ2v) is 8.80. The van der Waals surface area contributed by atoms with E-state index in [1.165, 1.54) is 6.42 Å². The van der Waals surface area contributed by atoms with Crippen molar-refractivity contribution in [1.82, 2.24) is 14.7 Å². The zero-order chi connectivity index (χ0) is 21.7. The maximum absolute atomic E-state index is 12.9. The van der Waals surface area contributed by atoms with Crippen molar-refractivity contribution in [3.63, 3.8) is 0 Å². The van der Waals surface area contributed by atoms with Gasteiger partial charge in [-0.3, -0.25) is 9.69 Å². The van der Waals surface area contributed by atoms with E-state index in [0.717, 1.165) is 62.1 Å². The molecule has 166 valence electrons. The lowest BCUT2D eigenvalue weighted by molar-refractivity contribution is -0.136. The fraction of sp³-hybridized carbons (Fsp3) is 0.652. The summed E-state index contributed by atoms with van der Waals surface area (Å²) in [5.74, 6) is 0.221. The molecule has 2 fully saturated rings. The highest BCUT2D eigenvalue weighted by molar-refractivity contribution is 6.32. The number of aryl methyl sites for hydroxylation is 1. The second-order valence-electron chi connectivity index (χ2n) is 8.39. The molecule has 1 aromatic rings. The van der Waals surface area contributed by atoms with Crippen LogP contribution in [-0.4, -0.2) is 71.9 Å². The molecule has 2 aliphatic heterocycles. The van der Waals surface area contributed by atoms with Crippen molar-refractivity contribution in [3.8, 4) is 0 Å². The van der Waals surface area contributed by atoms with Gasteiger partial charge >= 0.3 is 6.03 Å². The predicted molar refractivity (Wildman–Crippen MR) is 122 cm³/mol. The standard InChI is InChI=1S/C23H35ClN4O2/c1-4-18-9-10-20(24)19(5-2)22(18)25-23(30)27-14-12-26(13-15-27)16-21(29)28-11-7-6-8-17(28)3/h9-10,17H,4-8,11-16H2,1-3H3,(H,25,30). The van der Waals surface area contributed by atoms with Crippen molar-refractivity contribution in [2.75, 3.05) is 44.6 Å². The fourth-order valence-electron chi connectivity index (χ4n) is 4.51. The predicted octanol–water partition coefficient (Wildman–Crippen LogP) is 4.02. The Balaban J connectivity index is 1.55. The topological polar surface area (TPSA) is 55.9 Å². The zero-order valence-corrected chi connectivity index (χ0v) is 19.3. The molecule has 1 atom stereocenters. The van der Waals surface area contributed by atoms with Crippen molar-refractivity contribution in [1.29, 1.82) is 0 Å². The van der Waals surface area contributed by atoms with E-state index in [-0.39, 0.29) is 11.9 Å². The van der Waals surface area contributed by atoms with Crippen LogP contribution in [0.3, 0.4) is 0 Å². The zero-order valence-electron chi connectivity index (χ0n) is 18.5. The van der Waals surface area contributed by atoms with Crippen LogP contribution in [0.2, 0.25) is 5.02 Å². The van der Waals surface area contributed by atoms with Crippen LogP contribution in [0.5, 0.6) is 0 Å². The van der Waals surface area contributed by atoms with E-state index in [4.69, 9.17) is 11.6 Å². The van der Waals surface area contributed by atoms with Crippen molar-refractivity contribution < 1.29 is 9.59 Å². The lowest BCUT2D eigenvalue weighted by Crippen LogP contribution is -2.53. The minimum absolute atomic E-state index is 0.0858. The summed E-state index contributed by atoms with van der Waals surface area (Å²) in [6, 6.07) is 4.16. The number of hydrogen-bond acceptors (Lipinski definition) is 3. The molecule has 0 spiro atoms. The minimum atomic E-state index is -0.0858. The Hall–Kier alpha value is -1.79. The number of halogens is 1. The summed E-state index contributed by atoms with van der Waals surface area (Å²) in [4.78, 5) is 31.6. The van der Waals surface area contributed by atoms with Gasteiger partial charge in [0.1, 0.15) is 0 Å². The van der Waals surface area contributed by atoms with Gasteiger partial charge in [-0.25, -0.2) is 4.79 Å². The molecule has 3 amide bonds. The highest BCUT2D eigenvalue weighted by Crippen LogP contribution is 2.30. The van der Waals surface area contributed by atoms with Gasteiger partial charge in [0, 0.05) is 43.8 Å². The van der Waals surface area contributed by atoms with Crippen LogP contribution in [-0.2, 0) is 17.6 Å². The molecule has 0 radical (unpaired) electrons. The third-order valence-electron chi connectivity index (χ3n) is 6.45. The first-order valence-electron chi connectivity index (χ1n) is 11.3. The number of hydrogen-bond donors (Lipinski definition) is 1. The van der Waals surface area contributed by atoms with E-state index in [9.17, 15) is 9.59 Å². The lowest BCUT2D eigenvalue weighted by Gasteiger charge is -2.38. The smallest absolute Gasteiger partial charge is 0.321 e. The molecule has 1 N–H and O–H groups in total. The van der Waals surface area contributed by atoms with Gasteiger partial charge in [-0.15, -0.1) is 0 Å². The maximum atomic E-state index is 12.9. The Labute approximate surface area is 185 Å². The van der Waals surface area contributed by atoms with Crippen LogP contribution in [0.4, 0.5) is 10.5 Å². The van der Waals surface area contributed by atoms with Gasteiger partial charge in [0.05, 0.1) is 12.2 Å². The first-order chi connectivity index (χ1) is 14.4. The molecule has 0 aliphatic carbocycles. The van der Waals surface area contributed by atoms with Gasteiger partial charge in [-0.2, -0.15) is 0 Å². The van der Waals surface area contributed by atoms with Gasteiger partial charge in [-0.05, 0) is 56.2 Å². The Morgan fingerprint density at radius 3 is 2.43 bits per heavy atom. The molecule has 30 heavy (non-hydrogen) atoms. The molecule has 2 aliphatic rings. The molecule has 1 unspecified atom stereocenters. The average molecular weight is 435 g/mol. The Morgan fingerprint density at radius 1 is 1.07 bits per heavy atom. The molecule has 0 saturated carbocycles. The molecular weight excluding hydrogens is 400 g/mol. The quantitative estimate of drug-likeness (QED) is 0.761. The third-order valence-corrected chi connectivity index (χ3v) is 6.80. The van der Waals surface area contributed by atoms with Crippen molar-refractivity contribution in [2.45, 2.75) is 58.9 Å². The highest BCUT2D eigenvalue weighted by Gasteiger charge is 2.27. The van der Waals surface area contributed by atoms with Crippen LogP contribution < -0.4 is 5.32 Å². The van der Waals surface area contributed by atoms with Crippen molar-refractivity contribution in [3.05, 3.63) is 28.3 Å².